The second-order valence-corrected chi connectivity index (χ2v) is 8.43. The van der Waals surface area contributed by atoms with Crippen LogP contribution < -0.4 is 10.2 Å². The molecule has 1 N–H and O–H groups in total. The normalized spacial score (nSPS) is 13.1. The van der Waals surface area contributed by atoms with Crippen LogP contribution in [0.1, 0.15) is 43.6 Å². The summed E-state index contributed by atoms with van der Waals surface area (Å²) in [5.74, 6) is -2.20. The van der Waals surface area contributed by atoms with Crippen LogP contribution in [0.4, 0.5) is 11.4 Å². The average molecular weight is 489 g/mol. The molecule has 1 unspecified atom stereocenters. The van der Waals surface area contributed by atoms with Crippen molar-refractivity contribution in [3.8, 4) is 6.07 Å². The molecule has 0 fully saturated rings. The summed E-state index contributed by atoms with van der Waals surface area (Å²) >= 11 is 0. The maximum absolute atomic E-state index is 13.2. The first kappa shape index (κ1) is 23.5. The van der Waals surface area contributed by atoms with E-state index in [4.69, 9.17) is 10.00 Å². The Morgan fingerprint density at radius 2 is 1.51 bits per heavy atom. The highest BCUT2D eigenvalue weighted by molar-refractivity contribution is 6.35. The predicted octanol–water partition coefficient (Wildman–Crippen LogP) is 4.70. The van der Waals surface area contributed by atoms with Crippen LogP contribution in [0.5, 0.6) is 0 Å². The Kier molecular flexibility index (Phi) is 5.96. The minimum Gasteiger partial charge on any atom is -0.449 e. The first-order chi connectivity index (χ1) is 17.9. The second kappa shape index (κ2) is 9.40. The van der Waals surface area contributed by atoms with Gasteiger partial charge in [0.1, 0.15) is 0 Å². The molecule has 1 aliphatic rings. The van der Waals surface area contributed by atoms with Gasteiger partial charge in [-0.3, -0.25) is 14.4 Å². The van der Waals surface area contributed by atoms with Gasteiger partial charge in [0.15, 0.2) is 6.10 Å². The van der Waals surface area contributed by atoms with Crippen LogP contribution in [0.15, 0.2) is 84.9 Å². The van der Waals surface area contributed by atoms with Crippen molar-refractivity contribution in [2.24, 2.45) is 0 Å². The Morgan fingerprint density at radius 1 is 0.892 bits per heavy atom. The molecule has 0 saturated carbocycles. The standard InChI is InChI=1S/C29H19N3O5/c1-17(26(33)31-21-8-2-5-18(15-21)16-30)37-29(36)20-11-13-22(14-12-20)32-27(34)23-9-3-6-19-7-4-10-24(25(19)23)28(32)35/h2-15,17H,1H3,(H,31,33). The van der Waals surface area contributed by atoms with E-state index < -0.39 is 29.8 Å². The third kappa shape index (κ3) is 4.30. The number of esters is 1. The summed E-state index contributed by atoms with van der Waals surface area (Å²) in [7, 11) is 0. The highest BCUT2D eigenvalue weighted by atomic mass is 16.5. The quantitative estimate of drug-likeness (QED) is 0.321. The lowest BCUT2D eigenvalue weighted by Crippen LogP contribution is -2.40. The van der Waals surface area contributed by atoms with Crippen LogP contribution in [0.3, 0.4) is 0 Å². The lowest BCUT2D eigenvalue weighted by atomic mass is 9.94. The van der Waals surface area contributed by atoms with Crippen LogP contribution in [-0.2, 0) is 9.53 Å². The number of carbonyl (C=O) groups is 4. The van der Waals surface area contributed by atoms with Crippen molar-refractivity contribution in [3.05, 3.63) is 107 Å². The number of nitrogens with zero attached hydrogens (tertiary/aromatic N) is 2. The molecule has 8 nitrogen and oxygen atoms in total. The van der Waals surface area contributed by atoms with Crippen molar-refractivity contribution in [3.63, 3.8) is 0 Å². The number of nitrogens with one attached hydrogen (secondary N) is 1. The van der Waals surface area contributed by atoms with Crippen molar-refractivity contribution in [2.45, 2.75) is 13.0 Å². The molecule has 1 aliphatic heterocycles. The molecule has 3 amide bonds. The van der Waals surface area contributed by atoms with Gasteiger partial charge in [-0.05, 0) is 66.9 Å². The van der Waals surface area contributed by atoms with E-state index in [9.17, 15) is 19.2 Å². The fraction of sp³-hybridized carbons (Fsp3) is 0.0690. The largest absolute Gasteiger partial charge is 0.449 e. The number of anilines is 2. The molecule has 4 aromatic carbocycles. The van der Waals surface area contributed by atoms with Gasteiger partial charge >= 0.3 is 5.97 Å². The Bertz CT molecular complexity index is 1590. The van der Waals surface area contributed by atoms with Crippen molar-refractivity contribution in [2.75, 3.05) is 10.2 Å². The Labute approximate surface area is 211 Å². The maximum Gasteiger partial charge on any atom is 0.338 e. The van der Waals surface area contributed by atoms with E-state index in [1.165, 1.54) is 37.3 Å². The summed E-state index contributed by atoms with van der Waals surface area (Å²) in [5, 5.41) is 13.0. The van der Waals surface area contributed by atoms with Gasteiger partial charge in [-0.25, -0.2) is 9.69 Å². The Morgan fingerprint density at radius 3 is 2.14 bits per heavy atom. The van der Waals surface area contributed by atoms with E-state index >= 15 is 0 Å². The number of nitriles is 1. The summed E-state index contributed by atoms with van der Waals surface area (Å²) in [4.78, 5) is 52.5. The van der Waals surface area contributed by atoms with Crippen LogP contribution >= 0.6 is 0 Å². The summed E-state index contributed by atoms with van der Waals surface area (Å²) in [6.07, 6.45) is -1.11. The maximum atomic E-state index is 13.2. The fourth-order valence-electron chi connectivity index (χ4n) is 4.20. The van der Waals surface area contributed by atoms with Crippen LogP contribution in [0.2, 0.25) is 0 Å². The van der Waals surface area contributed by atoms with Crippen LogP contribution in [0.25, 0.3) is 10.8 Å². The van der Waals surface area contributed by atoms with E-state index in [2.05, 4.69) is 5.32 Å². The summed E-state index contributed by atoms with van der Waals surface area (Å²) in [6.45, 7) is 1.43. The molecule has 0 saturated heterocycles. The van der Waals surface area contributed by atoms with Gasteiger partial charge in [0.25, 0.3) is 17.7 Å². The number of imide groups is 1. The molecule has 0 aliphatic carbocycles. The molecule has 5 rings (SSSR count). The monoisotopic (exact) mass is 489 g/mol. The number of carbonyl (C=O) groups excluding carboxylic acids is 4. The van der Waals surface area contributed by atoms with E-state index in [1.54, 1.807) is 42.5 Å². The van der Waals surface area contributed by atoms with Crippen molar-refractivity contribution < 1.29 is 23.9 Å². The van der Waals surface area contributed by atoms with Gasteiger partial charge in [-0.2, -0.15) is 5.26 Å². The van der Waals surface area contributed by atoms with Gasteiger partial charge in [-0.15, -0.1) is 0 Å². The molecule has 1 heterocycles. The van der Waals surface area contributed by atoms with Crippen molar-refractivity contribution in [1.29, 1.82) is 5.26 Å². The number of hydrogen-bond donors (Lipinski definition) is 1. The third-order valence-corrected chi connectivity index (χ3v) is 6.05. The third-order valence-electron chi connectivity index (χ3n) is 6.05. The molecule has 0 aromatic heterocycles. The molecule has 4 aromatic rings. The first-order valence-corrected chi connectivity index (χ1v) is 11.4. The van der Waals surface area contributed by atoms with Gasteiger partial charge in [-0.1, -0.05) is 30.3 Å². The number of amides is 3. The van der Waals surface area contributed by atoms with E-state index in [0.717, 1.165) is 10.3 Å². The molecule has 0 spiro atoms. The number of rotatable bonds is 5. The van der Waals surface area contributed by atoms with E-state index in [-0.39, 0.29) is 5.56 Å². The zero-order valence-corrected chi connectivity index (χ0v) is 19.6. The Balaban J connectivity index is 1.30. The van der Waals surface area contributed by atoms with E-state index in [1.807, 2.05) is 18.2 Å². The lowest BCUT2D eigenvalue weighted by Gasteiger charge is -2.27. The molecule has 1 atom stereocenters. The summed E-state index contributed by atoms with van der Waals surface area (Å²) in [5.41, 5.74) is 2.10. The number of hydrogen-bond acceptors (Lipinski definition) is 6. The van der Waals surface area contributed by atoms with E-state index in [0.29, 0.717) is 33.5 Å². The zero-order chi connectivity index (χ0) is 26.1. The topological polar surface area (TPSA) is 117 Å². The number of ether oxygens (including phenoxy) is 1. The molecule has 37 heavy (non-hydrogen) atoms. The fourth-order valence-corrected chi connectivity index (χ4v) is 4.20. The van der Waals surface area contributed by atoms with Gasteiger partial charge in [0, 0.05) is 22.2 Å². The lowest BCUT2D eigenvalue weighted by molar-refractivity contribution is -0.123. The summed E-state index contributed by atoms with van der Waals surface area (Å²) < 4.78 is 5.28. The van der Waals surface area contributed by atoms with Gasteiger partial charge in [0.05, 0.1) is 22.9 Å². The minimum atomic E-state index is -1.11. The number of benzene rings is 4. The first-order valence-electron chi connectivity index (χ1n) is 11.4. The van der Waals surface area contributed by atoms with Gasteiger partial charge in [0.2, 0.25) is 0 Å². The minimum absolute atomic E-state index is 0.147. The van der Waals surface area contributed by atoms with Crippen LogP contribution in [-0.4, -0.2) is 29.8 Å². The predicted molar refractivity (Wildman–Crippen MR) is 136 cm³/mol. The second-order valence-electron chi connectivity index (χ2n) is 8.43. The molecule has 0 bridgehead atoms. The molecular weight excluding hydrogens is 470 g/mol. The van der Waals surface area contributed by atoms with Crippen LogP contribution in [0, 0.1) is 11.3 Å². The molecule has 0 radical (unpaired) electrons. The molecule has 8 heteroatoms. The smallest absolute Gasteiger partial charge is 0.338 e. The van der Waals surface area contributed by atoms with Gasteiger partial charge < -0.3 is 10.1 Å². The average Bonchev–Trinajstić information content (AvgIpc) is 2.92. The Hall–Kier alpha value is -5.29. The highest BCUT2D eigenvalue weighted by Crippen LogP contribution is 2.32. The molecular formula is C29H19N3O5. The SMILES string of the molecule is CC(OC(=O)c1ccc(N2C(=O)c3cccc4cccc(c34)C2=O)cc1)C(=O)Nc1cccc(C#N)c1. The van der Waals surface area contributed by atoms with Crippen molar-refractivity contribution in [1.82, 2.24) is 0 Å². The highest BCUT2D eigenvalue weighted by Gasteiger charge is 2.33. The van der Waals surface area contributed by atoms with Crippen molar-refractivity contribution >= 4 is 45.8 Å². The summed E-state index contributed by atoms with van der Waals surface area (Å²) in [6, 6.07) is 24.8. The molecule has 180 valence electrons. The zero-order valence-electron chi connectivity index (χ0n) is 19.6.